The predicted molar refractivity (Wildman–Crippen MR) is 50.6 cm³/mol. The lowest BCUT2D eigenvalue weighted by Gasteiger charge is -2.22. The molecule has 0 aromatic rings. The molecule has 0 aliphatic heterocycles. The van der Waals surface area contributed by atoms with Crippen LogP contribution in [0.5, 0.6) is 0 Å². The molecule has 0 saturated heterocycles. The van der Waals surface area contributed by atoms with E-state index in [2.05, 4.69) is 19.9 Å². The molecule has 0 aromatic carbocycles. The van der Waals surface area contributed by atoms with Gasteiger partial charge >= 0.3 is 0 Å². The first-order valence-electron chi connectivity index (χ1n) is 5.04. The van der Waals surface area contributed by atoms with Crippen LogP contribution in [0.15, 0.2) is 11.6 Å². The molecule has 0 nitrogen and oxygen atoms in total. The number of hydrogen-bond acceptors (Lipinski definition) is 0. The predicted octanol–water partition coefficient (Wildman–Crippen LogP) is 3.92. The molecule has 0 aromatic heterocycles. The van der Waals surface area contributed by atoms with E-state index in [1.807, 2.05) is 0 Å². The Hall–Kier alpha value is -0.260. The van der Waals surface area contributed by atoms with Crippen molar-refractivity contribution in [1.29, 1.82) is 0 Å². The van der Waals surface area contributed by atoms with Gasteiger partial charge in [-0.1, -0.05) is 31.9 Å². The molecule has 11 heavy (non-hydrogen) atoms. The van der Waals surface area contributed by atoms with Gasteiger partial charge in [0.1, 0.15) is 0 Å². The van der Waals surface area contributed by atoms with Crippen molar-refractivity contribution < 1.29 is 0 Å². The summed E-state index contributed by atoms with van der Waals surface area (Å²) in [5, 5.41) is 0. The maximum Gasteiger partial charge on any atom is -0.0318 e. The van der Waals surface area contributed by atoms with E-state index >= 15 is 0 Å². The lowest BCUT2D eigenvalue weighted by molar-refractivity contribution is 0.397. The molecule has 0 unspecified atom stereocenters. The van der Waals surface area contributed by atoms with Crippen molar-refractivity contribution in [1.82, 2.24) is 0 Å². The lowest BCUT2D eigenvalue weighted by atomic mass is 9.84. The van der Waals surface area contributed by atoms with Crippen molar-refractivity contribution >= 4 is 0 Å². The summed E-state index contributed by atoms with van der Waals surface area (Å²) in [5.41, 5.74) is 1.72. The van der Waals surface area contributed by atoms with Crippen LogP contribution in [0.3, 0.4) is 0 Å². The van der Waals surface area contributed by atoms with Crippen LogP contribution in [-0.2, 0) is 0 Å². The van der Waals surface area contributed by atoms with Gasteiger partial charge < -0.3 is 0 Å². The van der Waals surface area contributed by atoms with Crippen LogP contribution in [0.25, 0.3) is 0 Å². The molecule has 1 aliphatic rings. The Morgan fingerprint density at radius 2 is 1.91 bits per heavy atom. The average molecular weight is 152 g/mol. The third kappa shape index (κ3) is 2.69. The first-order chi connectivity index (χ1) is 5.36. The zero-order valence-electron chi connectivity index (χ0n) is 7.90. The van der Waals surface area contributed by atoms with Crippen LogP contribution in [0, 0.1) is 5.92 Å². The van der Waals surface area contributed by atoms with Crippen LogP contribution >= 0.6 is 0 Å². The molecule has 1 rings (SSSR count). The van der Waals surface area contributed by atoms with E-state index in [0.29, 0.717) is 0 Å². The summed E-state index contributed by atoms with van der Waals surface area (Å²) in [5.74, 6) is 1.03. The molecule has 0 amide bonds. The highest BCUT2D eigenvalue weighted by Gasteiger charge is 2.13. The van der Waals surface area contributed by atoms with Crippen LogP contribution in [0.1, 0.15) is 52.4 Å². The fourth-order valence-corrected chi connectivity index (χ4v) is 1.95. The van der Waals surface area contributed by atoms with Gasteiger partial charge in [-0.15, -0.1) is 0 Å². The fourth-order valence-electron chi connectivity index (χ4n) is 1.95. The van der Waals surface area contributed by atoms with Crippen molar-refractivity contribution in [2.45, 2.75) is 52.4 Å². The van der Waals surface area contributed by atoms with Crippen molar-refractivity contribution in [2.24, 2.45) is 5.92 Å². The van der Waals surface area contributed by atoms with Crippen molar-refractivity contribution in [3.8, 4) is 0 Å². The molecular weight excluding hydrogens is 132 g/mol. The van der Waals surface area contributed by atoms with Crippen molar-refractivity contribution in [3.63, 3.8) is 0 Å². The topological polar surface area (TPSA) is 0 Å². The first kappa shape index (κ1) is 8.83. The molecular formula is C11H20. The molecule has 0 bridgehead atoms. The van der Waals surface area contributed by atoms with Crippen molar-refractivity contribution in [3.05, 3.63) is 11.6 Å². The van der Waals surface area contributed by atoms with Crippen LogP contribution in [-0.4, -0.2) is 0 Å². The normalized spacial score (nSPS) is 25.3. The van der Waals surface area contributed by atoms with E-state index in [4.69, 9.17) is 0 Å². The molecule has 0 radical (unpaired) electrons. The summed E-state index contributed by atoms with van der Waals surface area (Å²) in [6.07, 6.45) is 10.7. The number of allylic oxidation sites excluding steroid dienone is 2. The Labute approximate surface area is 70.7 Å². The minimum absolute atomic E-state index is 1.03. The number of hydrogen-bond donors (Lipinski definition) is 0. The molecule has 1 saturated carbocycles. The zero-order chi connectivity index (χ0) is 8.10. The summed E-state index contributed by atoms with van der Waals surface area (Å²) >= 11 is 0. The Balaban J connectivity index is 2.30. The van der Waals surface area contributed by atoms with Gasteiger partial charge in [-0.3, -0.25) is 0 Å². The van der Waals surface area contributed by atoms with Gasteiger partial charge in [-0.2, -0.15) is 0 Å². The molecule has 0 N–H and O–H groups in total. The summed E-state index contributed by atoms with van der Waals surface area (Å²) in [4.78, 5) is 0. The zero-order valence-corrected chi connectivity index (χ0v) is 7.90. The highest BCUT2D eigenvalue weighted by molar-refractivity contribution is 5.04. The van der Waals surface area contributed by atoms with Crippen LogP contribution in [0.4, 0.5) is 0 Å². The Bertz CT molecular complexity index is 123. The molecule has 0 heterocycles. The number of rotatable bonds is 2. The highest BCUT2D eigenvalue weighted by Crippen LogP contribution is 2.29. The summed E-state index contributed by atoms with van der Waals surface area (Å²) in [7, 11) is 0. The van der Waals surface area contributed by atoms with Gasteiger partial charge in [0, 0.05) is 0 Å². The van der Waals surface area contributed by atoms with E-state index in [0.717, 1.165) is 5.92 Å². The lowest BCUT2D eigenvalue weighted by Crippen LogP contribution is -2.06. The van der Waals surface area contributed by atoms with Crippen LogP contribution in [0.2, 0.25) is 0 Å². The molecule has 64 valence electrons. The maximum absolute atomic E-state index is 2.42. The summed E-state index contributed by atoms with van der Waals surface area (Å²) in [6.45, 7) is 4.55. The van der Waals surface area contributed by atoms with E-state index in [1.54, 1.807) is 5.57 Å². The van der Waals surface area contributed by atoms with Gasteiger partial charge in [0.2, 0.25) is 0 Å². The third-order valence-electron chi connectivity index (χ3n) is 2.82. The monoisotopic (exact) mass is 152 g/mol. The summed E-state index contributed by atoms with van der Waals surface area (Å²) in [6, 6.07) is 0. The Kier molecular flexibility index (Phi) is 3.68. The minimum atomic E-state index is 1.03. The quantitative estimate of drug-likeness (QED) is 0.526. The second-order valence-corrected chi connectivity index (χ2v) is 3.62. The smallest absolute Gasteiger partial charge is 0.0318 e. The molecule has 0 spiro atoms. The molecule has 1 fully saturated rings. The second kappa shape index (κ2) is 4.58. The van der Waals surface area contributed by atoms with E-state index in [1.165, 1.54) is 38.5 Å². The first-order valence-corrected chi connectivity index (χ1v) is 5.04. The van der Waals surface area contributed by atoms with Gasteiger partial charge in [-0.25, -0.2) is 0 Å². The maximum atomic E-state index is 2.42. The third-order valence-corrected chi connectivity index (χ3v) is 2.82. The standard InChI is InChI=1S/C11H20/c1-3-5-11-8-6-10(4-2)7-9-11/h5,10H,3-4,6-9H2,1-2H3. The van der Waals surface area contributed by atoms with Gasteiger partial charge in [0.05, 0.1) is 0 Å². The fraction of sp³-hybridized carbons (Fsp3) is 0.818. The Morgan fingerprint density at radius 1 is 1.27 bits per heavy atom. The molecule has 0 heteroatoms. The second-order valence-electron chi connectivity index (χ2n) is 3.62. The van der Waals surface area contributed by atoms with E-state index in [9.17, 15) is 0 Å². The van der Waals surface area contributed by atoms with Crippen molar-refractivity contribution in [2.75, 3.05) is 0 Å². The summed E-state index contributed by atoms with van der Waals surface area (Å²) < 4.78 is 0. The van der Waals surface area contributed by atoms with Crippen LogP contribution < -0.4 is 0 Å². The van der Waals surface area contributed by atoms with Gasteiger partial charge in [0.25, 0.3) is 0 Å². The van der Waals surface area contributed by atoms with Gasteiger partial charge in [-0.05, 0) is 38.0 Å². The molecule has 0 atom stereocenters. The molecule has 1 aliphatic carbocycles. The average Bonchev–Trinajstić information content (AvgIpc) is 2.07. The minimum Gasteiger partial charge on any atom is -0.0856 e. The SMILES string of the molecule is CCC=C1CCC(CC)CC1. The van der Waals surface area contributed by atoms with E-state index in [-0.39, 0.29) is 0 Å². The Morgan fingerprint density at radius 3 is 2.36 bits per heavy atom. The van der Waals surface area contributed by atoms with Gasteiger partial charge in [0.15, 0.2) is 0 Å². The highest BCUT2D eigenvalue weighted by atomic mass is 14.2. The largest absolute Gasteiger partial charge is 0.0856 e. The van der Waals surface area contributed by atoms with E-state index < -0.39 is 0 Å².